The molecule has 0 saturated carbocycles. The predicted molar refractivity (Wildman–Crippen MR) is 208 cm³/mol. The average Bonchev–Trinajstić information content (AvgIpc) is 3.58. The van der Waals surface area contributed by atoms with Crippen molar-refractivity contribution in [3.05, 3.63) is 182 Å². The monoisotopic (exact) mass is 627 g/mol. The molecule has 0 atom stereocenters. The second kappa shape index (κ2) is 11.1. The molecule has 0 aliphatic rings. The van der Waals surface area contributed by atoms with Gasteiger partial charge in [0.2, 0.25) is 0 Å². The van der Waals surface area contributed by atoms with Crippen LogP contribution >= 0.6 is 0 Å². The van der Waals surface area contributed by atoms with Gasteiger partial charge in [-0.05, 0) is 107 Å². The lowest BCUT2D eigenvalue weighted by atomic mass is 9.83. The number of fused-ring (bicyclic) bond motifs is 6. The summed E-state index contributed by atoms with van der Waals surface area (Å²) in [5.41, 5.74) is 8.66. The first-order chi connectivity index (χ1) is 26.4. The Balaban J connectivity index is 1.32. The molecule has 0 saturated heterocycles. The van der Waals surface area contributed by atoms with Crippen LogP contribution in [0.15, 0.2) is 186 Å². The maximum Gasteiger partial charge on any atom is 0.136 e. The van der Waals surface area contributed by atoms with E-state index >= 15 is 0 Å². The second-order valence-corrected chi connectivity index (χ2v) is 12.5. The molecule has 0 amide bonds. The summed E-state index contributed by atoms with van der Waals surface area (Å²) in [5, 5.41) is 8.63. The fraction of sp³-hybridized carbons (Fsp3) is 0. The van der Waals surface area contributed by atoms with E-state index in [4.69, 9.17) is 11.3 Å². The fourth-order valence-electron chi connectivity index (χ4n) is 7.53. The molecule has 0 aliphatic heterocycles. The lowest BCUT2D eigenvalue weighted by Gasteiger charge is -2.19. The lowest BCUT2D eigenvalue weighted by Crippen LogP contribution is -1.92. The van der Waals surface area contributed by atoms with Crippen molar-refractivity contribution < 1.29 is 11.3 Å². The van der Waals surface area contributed by atoms with E-state index in [9.17, 15) is 0 Å². The molecular formula is C48H30O. The van der Waals surface area contributed by atoms with Gasteiger partial charge >= 0.3 is 0 Å². The molecule has 0 unspecified atom stereocenters. The van der Waals surface area contributed by atoms with Crippen molar-refractivity contribution in [1.82, 2.24) is 0 Å². The Bertz CT molecular complexity index is 3130. The van der Waals surface area contributed by atoms with E-state index < -0.39 is 6.04 Å². The zero-order valence-corrected chi connectivity index (χ0v) is 26.3. The van der Waals surface area contributed by atoms with Crippen molar-refractivity contribution in [3.8, 4) is 44.5 Å². The summed E-state index contributed by atoms with van der Waals surface area (Å²) in [4.78, 5) is 0. The van der Waals surface area contributed by atoms with Crippen LogP contribution in [0.4, 0.5) is 0 Å². The van der Waals surface area contributed by atoms with Gasteiger partial charge in [-0.2, -0.15) is 0 Å². The lowest BCUT2D eigenvalue weighted by molar-refractivity contribution is 0.669. The summed E-state index contributed by atoms with van der Waals surface area (Å²) in [6, 6.07) is 50.7. The quantitative estimate of drug-likeness (QED) is 0.177. The topological polar surface area (TPSA) is 13.1 Å². The Hall–Kier alpha value is -6.44. The van der Waals surface area contributed by atoms with Crippen LogP contribution in [0.3, 0.4) is 0 Å². The van der Waals surface area contributed by atoms with Gasteiger partial charge in [-0.15, -0.1) is 0 Å². The smallest absolute Gasteiger partial charge is 0.136 e. The molecule has 9 aromatic carbocycles. The standard InChI is InChI=1S/C48H30O/c1-3-13-31(14-4-1)33-19-11-20-37(27-33)46-38-21-9-10-22-39(38)47(40-26-25-36(28-42(40)46)32-15-5-2-6-16-32)41-23-12-24-44-48(41)43-29-34-17-7-8-18-35(34)30-45(43)49-44/h1-30H/i1D,3D,4D,13D,14D. The van der Waals surface area contributed by atoms with E-state index in [1.807, 2.05) is 54.6 Å². The van der Waals surface area contributed by atoms with Gasteiger partial charge in [0.15, 0.2) is 0 Å². The molecule has 0 bridgehead atoms. The predicted octanol–water partition coefficient (Wildman–Crippen LogP) is 13.7. The summed E-state index contributed by atoms with van der Waals surface area (Å²) < 4.78 is 48.9. The van der Waals surface area contributed by atoms with Crippen LogP contribution in [0.1, 0.15) is 6.85 Å². The summed E-state index contributed by atoms with van der Waals surface area (Å²) in [7, 11) is 0. The van der Waals surface area contributed by atoms with E-state index in [2.05, 4.69) is 97.1 Å². The molecule has 1 heterocycles. The highest BCUT2D eigenvalue weighted by molar-refractivity contribution is 6.26. The van der Waals surface area contributed by atoms with Crippen molar-refractivity contribution in [1.29, 1.82) is 0 Å². The molecule has 10 aromatic rings. The molecule has 1 aromatic heterocycles. The molecule has 0 spiro atoms. The number of furan rings is 1. The van der Waals surface area contributed by atoms with Crippen molar-refractivity contribution in [2.75, 3.05) is 0 Å². The van der Waals surface area contributed by atoms with E-state index in [0.717, 1.165) is 87.6 Å². The first-order valence-electron chi connectivity index (χ1n) is 18.9. The number of hydrogen-bond donors (Lipinski definition) is 0. The first-order valence-corrected chi connectivity index (χ1v) is 16.4. The van der Waals surface area contributed by atoms with Gasteiger partial charge < -0.3 is 4.42 Å². The maximum atomic E-state index is 8.73. The van der Waals surface area contributed by atoms with E-state index in [0.29, 0.717) is 5.56 Å². The van der Waals surface area contributed by atoms with Crippen LogP contribution in [0, 0.1) is 0 Å². The normalized spacial score (nSPS) is 13.1. The molecule has 1 heteroatoms. The highest BCUT2D eigenvalue weighted by atomic mass is 16.3. The highest BCUT2D eigenvalue weighted by Gasteiger charge is 2.21. The van der Waals surface area contributed by atoms with Crippen molar-refractivity contribution in [2.24, 2.45) is 0 Å². The Morgan fingerprint density at radius 1 is 0.367 bits per heavy atom. The van der Waals surface area contributed by atoms with Crippen LogP contribution in [-0.4, -0.2) is 0 Å². The third kappa shape index (κ3) is 4.47. The summed E-state index contributed by atoms with van der Waals surface area (Å²) in [6.07, 6.45) is 0. The maximum absolute atomic E-state index is 8.73. The van der Waals surface area contributed by atoms with E-state index in [-0.39, 0.29) is 29.7 Å². The Morgan fingerprint density at radius 3 is 1.86 bits per heavy atom. The van der Waals surface area contributed by atoms with Crippen LogP contribution < -0.4 is 0 Å². The SMILES string of the molecule is [2H]c1c([2H])c([2H])c(-c2cccc(-c3c4ccccc4c(-c4cccc5oc6cc7ccccc7cc6c45)c4ccc(-c5ccccc5)cc34)c2)c([2H])c1[2H]. The molecule has 0 N–H and O–H groups in total. The summed E-state index contributed by atoms with van der Waals surface area (Å²) in [6.45, 7) is 0. The number of benzene rings is 9. The molecule has 0 fully saturated rings. The molecule has 1 nitrogen and oxygen atoms in total. The van der Waals surface area contributed by atoms with Gasteiger partial charge in [0.1, 0.15) is 11.2 Å². The minimum atomic E-state index is -0.403. The van der Waals surface area contributed by atoms with Gasteiger partial charge in [0.05, 0.1) is 6.85 Å². The summed E-state index contributed by atoms with van der Waals surface area (Å²) >= 11 is 0. The molecule has 10 rings (SSSR count). The Kier molecular flexibility index (Phi) is 5.20. The number of rotatable bonds is 4. The molecule has 0 aliphatic carbocycles. The van der Waals surface area contributed by atoms with Crippen molar-refractivity contribution in [2.45, 2.75) is 0 Å². The van der Waals surface area contributed by atoms with E-state index in [1.54, 1.807) is 0 Å². The van der Waals surface area contributed by atoms with Gasteiger partial charge in [0, 0.05) is 10.8 Å². The molecule has 0 radical (unpaired) electrons. The zero-order chi connectivity index (χ0) is 36.7. The molecule has 228 valence electrons. The Morgan fingerprint density at radius 2 is 1.02 bits per heavy atom. The molecular weight excluding hydrogens is 593 g/mol. The van der Waals surface area contributed by atoms with Gasteiger partial charge in [0.25, 0.3) is 0 Å². The minimum absolute atomic E-state index is 0.184. The minimum Gasteiger partial charge on any atom is -0.456 e. The van der Waals surface area contributed by atoms with Gasteiger partial charge in [-0.1, -0.05) is 152 Å². The second-order valence-electron chi connectivity index (χ2n) is 12.5. The first kappa shape index (κ1) is 23.0. The fourth-order valence-corrected chi connectivity index (χ4v) is 7.53. The average molecular weight is 628 g/mol. The van der Waals surface area contributed by atoms with Crippen LogP contribution in [-0.2, 0) is 0 Å². The molecule has 49 heavy (non-hydrogen) atoms. The third-order valence-corrected chi connectivity index (χ3v) is 9.70. The largest absolute Gasteiger partial charge is 0.456 e. The van der Waals surface area contributed by atoms with E-state index in [1.165, 1.54) is 0 Å². The van der Waals surface area contributed by atoms with Crippen molar-refractivity contribution in [3.63, 3.8) is 0 Å². The van der Waals surface area contributed by atoms with Crippen LogP contribution in [0.5, 0.6) is 0 Å². The van der Waals surface area contributed by atoms with Gasteiger partial charge in [-0.25, -0.2) is 0 Å². The van der Waals surface area contributed by atoms with Crippen molar-refractivity contribution >= 4 is 54.3 Å². The number of hydrogen-bond acceptors (Lipinski definition) is 1. The highest BCUT2D eigenvalue weighted by Crippen LogP contribution is 2.48. The third-order valence-electron chi connectivity index (χ3n) is 9.70. The van der Waals surface area contributed by atoms with Crippen LogP contribution in [0.25, 0.3) is 98.8 Å². The zero-order valence-electron chi connectivity index (χ0n) is 31.3. The Labute approximate surface area is 291 Å². The van der Waals surface area contributed by atoms with Gasteiger partial charge in [-0.3, -0.25) is 0 Å². The van der Waals surface area contributed by atoms with Crippen LogP contribution in [0.2, 0.25) is 0 Å². The summed E-state index contributed by atoms with van der Waals surface area (Å²) in [5.74, 6) is 0.